The van der Waals surface area contributed by atoms with Crippen molar-refractivity contribution in [2.75, 3.05) is 37.7 Å². The van der Waals surface area contributed by atoms with Crippen LogP contribution in [0.25, 0.3) is 10.8 Å². The van der Waals surface area contributed by atoms with Crippen molar-refractivity contribution in [2.45, 2.75) is 38.1 Å². The Morgan fingerprint density at radius 2 is 1.93 bits per heavy atom. The molecule has 0 unspecified atom stereocenters. The van der Waals surface area contributed by atoms with Gasteiger partial charge in [0.05, 0.1) is 5.41 Å². The van der Waals surface area contributed by atoms with Crippen LogP contribution in [0.5, 0.6) is 0 Å². The predicted molar refractivity (Wildman–Crippen MR) is 106 cm³/mol. The summed E-state index contributed by atoms with van der Waals surface area (Å²) in [6.45, 7) is 4.19. The predicted octanol–water partition coefficient (Wildman–Crippen LogP) is 3.23. The van der Waals surface area contributed by atoms with Gasteiger partial charge in [-0.05, 0) is 43.6 Å². The maximum atomic E-state index is 13.5. The number of carbonyl (C=O) groups is 1. The van der Waals surface area contributed by atoms with E-state index in [0.29, 0.717) is 11.9 Å². The summed E-state index contributed by atoms with van der Waals surface area (Å²) in [5.41, 5.74) is -0.227. The zero-order valence-electron chi connectivity index (χ0n) is 15.8. The quantitative estimate of drug-likeness (QED) is 0.820. The molecule has 0 aliphatic carbocycles. The van der Waals surface area contributed by atoms with Crippen LogP contribution in [0.15, 0.2) is 36.5 Å². The van der Waals surface area contributed by atoms with Crippen molar-refractivity contribution >= 4 is 22.5 Å². The second kappa shape index (κ2) is 6.79. The molecule has 27 heavy (non-hydrogen) atoms. The van der Waals surface area contributed by atoms with E-state index in [1.165, 1.54) is 10.8 Å². The molecule has 2 aromatic rings. The highest BCUT2D eigenvalue weighted by Crippen LogP contribution is 2.43. The van der Waals surface area contributed by atoms with Gasteiger partial charge in [-0.3, -0.25) is 4.79 Å². The van der Waals surface area contributed by atoms with E-state index in [4.69, 9.17) is 4.74 Å². The van der Waals surface area contributed by atoms with Crippen molar-refractivity contribution in [1.29, 1.82) is 0 Å². The summed E-state index contributed by atoms with van der Waals surface area (Å²) in [5, 5.41) is 2.39. The van der Waals surface area contributed by atoms with Gasteiger partial charge in [0.15, 0.2) is 0 Å². The maximum absolute atomic E-state index is 13.5. The average Bonchev–Trinajstić information content (AvgIpc) is 3.15. The van der Waals surface area contributed by atoms with E-state index < -0.39 is 0 Å². The van der Waals surface area contributed by atoms with Crippen LogP contribution in [0, 0.1) is 5.41 Å². The van der Waals surface area contributed by atoms with E-state index in [9.17, 15) is 4.79 Å². The van der Waals surface area contributed by atoms with Crippen LogP contribution in [-0.4, -0.2) is 54.7 Å². The summed E-state index contributed by atoms with van der Waals surface area (Å²) in [7, 11) is 0. The third-order valence-corrected chi connectivity index (χ3v) is 6.71. The molecule has 3 aliphatic heterocycles. The number of ether oxygens (including phenoxy) is 1. The first kappa shape index (κ1) is 17.0. The summed E-state index contributed by atoms with van der Waals surface area (Å²) in [6.07, 6.45) is 6.91. The summed E-state index contributed by atoms with van der Waals surface area (Å²) in [5.74, 6) is 1.41. The number of anilines is 1. The van der Waals surface area contributed by atoms with Crippen molar-refractivity contribution in [3.8, 4) is 0 Å². The molecule has 5 heteroatoms. The molecule has 142 valence electrons. The van der Waals surface area contributed by atoms with Crippen LogP contribution in [-0.2, 0) is 9.53 Å². The molecule has 4 heterocycles. The third kappa shape index (κ3) is 2.89. The first-order valence-corrected chi connectivity index (χ1v) is 10.2. The first-order valence-electron chi connectivity index (χ1n) is 10.2. The standard InChI is InChI=1S/C22H27N3O2/c26-21-22(9-3-12-25(21)18-7-14-27-15-8-18)10-13-24(16-22)20-19-5-2-1-4-17(19)6-11-23-20/h1-2,4-6,11,18H,3,7-10,12-16H2/t22-/m1/s1. The highest BCUT2D eigenvalue weighted by Gasteiger charge is 2.50. The molecule has 0 bridgehead atoms. The van der Waals surface area contributed by atoms with Gasteiger partial charge >= 0.3 is 0 Å². The molecular formula is C22H27N3O2. The molecule has 3 fully saturated rings. The third-order valence-electron chi connectivity index (χ3n) is 6.71. The van der Waals surface area contributed by atoms with Gasteiger partial charge in [-0.15, -0.1) is 0 Å². The van der Waals surface area contributed by atoms with Gasteiger partial charge in [0.2, 0.25) is 5.91 Å². The van der Waals surface area contributed by atoms with Gasteiger partial charge < -0.3 is 14.5 Å². The van der Waals surface area contributed by atoms with E-state index in [1.54, 1.807) is 0 Å². The molecule has 5 rings (SSSR count). The Morgan fingerprint density at radius 3 is 2.81 bits per heavy atom. The fourth-order valence-electron chi connectivity index (χ4n) is 5.23. The topological polar surface area (TPSA) is 45.7 Å². The van der Waals surface area contributed by atoms with Crippen molar-refractivity contribution < 1.29 is 9.53 Å². The summed E-state index contributed by atoms with van der Waals surface area (Å²) in [6, 6.07) is 10.8. The largest absolute Gasteiger partial charge is 0.381 e. The van der Waals surface area contributed by atoms with E-state index in [1.807, 2.05) is 6.20 Å². The van der Waals surface area contributed by atoms with Gasteiger partial charge in [-0.2, -0.15) is 0 Å². The Labute approximate surface area is 160 Å². The normalized spacial score (nSPS) is 27.0. The van der Waals surface area contributed by atoms with Gasteiger partial charge in [-0.1, -0.05) is 24.3 Å². The lowest BCUT2D eigenvalue weighted by Crippen LogP contribution is -2.54. The lowest BCUT2D eigenvalue weighted by molar-refractivity contribution is -0.149. The molecule has 1 aromatic carbocycles. The summed E-state index contributed by atoms with van der Waals surface area (Å²) >= 11 is 0. The lowest BCUT2D eigenvalue weighted by Gasteiger charge is -2.44. The molecule has 1 spiro atoms. The second-order valence-electron chi connectivity index (χ2n) is 8.25. The van der Waals surface area contributed by atoms with Crippen LogP contribution >= 0.6 is 0 Å². The van der Waals surface area contributed by atoms with Crippen LogP contribution < -0.4 is 4.90 Å². The second-order valence-corrected chi connectivity index (χ2v) is 8.25. The maximum Gasteiger partial charge on any atom is 0.230 e. The summed E-state index contributed by atoms with van der Waals surface area (Å²) < 4.78 is 5.50. The number of pyridine rings is 1. The minimum absolute atomic E-state index is 0.227. The van der Waals surface area contributed by atoms with Crippen molar-refractivity contribution in [1.82, 2.24) is 9.88 Å². The van der Waals surface area contributed by atoms with Crippen molar-refractivity contribution in [3.63, 3.8) is 0 Å². The number of aromatic nitrogens is 1. The number of fused-ring (bicyclic) bond motifs is 1. The molecular weight excluding hydrogens is 338 g/mol. The number of hydrogen-bond acceptors (Lipinski definition) is 4. The number of carbonyl (C=O) groups excluding carboxylic acids is 1. The SMILES string of the molecule is O=C1N(C2CCOCC2)CCC[C@]12CCN(c1nccc3ccccc13)C2. The minimum Gasteiger partial charge on any atom is -0.381 e. The van der Waals surface area contributed by atoms with Crippen LogP contribution in [0.2, 0.25) is 0 Å². The lowest BCUT2D eigenvalue weighted by atomic mass is 9.77. The monoisotopic (exact) mass is 365 g/mol. The highest BCUT2D eigenvalue weighted by molar-refractivity contribution is 5.93. The Bertz CT molecular complexity index is 843. The number of amides is 1. The number of piperidine rings is 1. The number of likely N-dealkylation sites (tertiary alicyclic amines) is 1. The molecule has 1 amide bonds. The molecule has 0 saturated carbocycles. The smallest absolute Gasteiger partial charge is 0.230 e. The highest BCUT2D eigenvalue weighted by atomic mass is 16.5. The molecule has 3 saturated heterocycles. The molecule has 0 N–H and O–H groups in total. The molecule has 1 atom stereocenters. The van der Waals surface area contributed by atoms with E-state index in [0.717, 1.165) is 70.8 Å². The fraction of sp³-hybridized carbons (Fsp3) is 0.545. The van der Waals surface area contributed by atoms with E-state index in [-0.39, 0.29) is 5.41 Å². The number of benzene rings is 1. The Balaban J connectivity index is 1.41. The van der Waals surface area contributed by atoms with E-state index in [2.05, 4.69) is 45.1 Å². The van der Waals surface area contributed by atoms with Crippen LogP contribution in [0.1, 0.15) is 32.1 Å². The Morgan fingerprint density at radius 1 is 1.07 bits per heavy atom. The van der Waals surface area contributed by atoms with Gasteiger partial charge in [0.25, 0.3) is 0 Å². The molecule has 3 aliphatic rings. The summed E-state index contributed by atoms with van der Waals surface area (Å²) in [4.78, 5) is 22.7. The average molecular weight is 365 g/mol. The number of hydrogen-bond donors (Lipinski definition) is 0. The van der Waals surface area contributed by atoms with Crippen molar-refractivity contribution in [2.24, 2.45) is 5.41 Å². The fourth-order valence-corrected chi connectivity index (χ4v) is 5.23. The molecule has 0 radical (unpaired) electrons. The Kier molecular flexibility index (Phi) is 4.27. The van der Waals surface area contributed by atoms with E-state index >= 15 is 0 Å². The minimum atomic E-state index is -0.227. The van der Waals surface area contributed by atoms with Gasteiger partial charge in [-0.25, -0.2) is 4.98 Å². The van der Waals surface area contributed by atoms with Gasteiger partial charge in [0, 0.05) is 50.5 Å². The zero-order chi connectivity index (χ0) is 18.3. The molecule has 1 aromatic heterocycles. The van der Waals surface area contributed by atoms with Crippen LogP contribution in [0.3, 0.4) is 0 Å². The number of nitrogens with zero attached hydrogens (tertiary/aromatic N) is 3. The van der Waals surface area contributed by atoms with Gasteiger partial charge in [0.1, 0.15) is 5.82 Å². The van der Waals surface area contributed by atoms with Crippen LogP contribution in [0.4, 0.5) is 5.82 Å². The zero-order valence-corrected chi connectivity index (χ0v) is 15.8. The van der Waals surface area contributed by atoms with Crippen molar-refractivity contribution in [3.05, 3.63) is 36.5 Å². The first-order chi connectivity index (χ1) is 13.3. The Hall–Kier alpha value is -2.14. The molecule has 5 nitrogen and oxygen atoms in total. The number of rotatable bonds is 2.